The van der Waals surface area contributed by atoms with Crippen molar-refractivity contribution in [3.05, 3.63) is 0 Å². The van der Waals surface area contributed by atoms with E-state index < -0.39 is 5.79 Å². The predicted molar refractivity (Wildman–Crippen MR) is 65.4 cm³/mol. The minimum Gasteiger partial charge on any atom is -0.365 e. The minimum absolute atomic E-state index is 0.0801. The lowest BCUT2D eigenvalue weighted by Crippen LogP contribution is -2.63. The molecule has 0 aromatic heterocycles. The molecule has 0 amide bonds. The highest BCUT2D eigenvalue weighted by molar-refractivity contribution is 5.07. The van der Waals surface area contributed by atoms with Crippen LogP contribution in [0.2, 0.25) is 0 Å². The summed E-state index contributed by atoms with van der Waals surface area (Å²) in [6.07, 6.45) is 12.4. The Morgan fingerprint density at radius 3 is 2.82 bits per heavy atom. The third-order valence-electron chi connectivity index (χ3n) is 6.22. The van der Waals surface area contributed by atoms with Gasteiger partial charge < -0.3 is 9.84 Å². The van der Waals surface area contributed by atoms with Gasteiger partial charge in [-0.3, -0.25) is 0 Å². The summed E-state index contributed by atoms with van der Waals surface area (Å²) in [5.74, 6) is 1.22. The highest BCUT2D eigenvalue weighted by Crippen LogP contribution is 2.60. The average molecular weight is 236 g/mol. The molecule has 2 saturated heterocycles. The Kier molecular flexibility index (Phi) is 2.21. The van der Waals surface area contributed by atoms with E-state index in [4.69, 9.17) is 4.74 Å². The Balaban J connectivity index is 1.71. The molecular weight excluding hydrogens is 212 g/mol. The minimum atomic E-state index is -0.743. The lowest BCUT2D eigenvalue weighted by Gasteiger charge is -2.60. The molecule has 0 aromatic rings. The molecule has 5 atom stereocenters. The Morgan fingerprint density at radius 1 is 0.941 bits per heavy atom. The lowest BCUT2D eigenvalue weighted by atomic mass is 9.61. The normalized spacial score (nSPS) is 57.4. The first-order chi connectivity index (χ1) is 8.22. The maximum atomic E-state index is 10.9. The highest BCUT2D eigenvalue weighted by Gasteiger charge is 2.61. The number of aliphatic hydroxyl groups is 1. The van der Waals surface area contributed by atoms with Crippen molar-refractivity contribution in [1.82, 2.24) is 0 Å². The van der Waals surface area contributed by atoms with Crippen LogP contribution in [-0.4, -0.2) is 16.5 Å². The first kappa shape index (κ1) is 10.8. The van der Waals surface area contributed by atoms with Crippen molar-refractivity contribution in [2.45, 2.75) is 75.6 Å². The van der Waals surface area contributed by atoms with Gasteiger partial charge in [0, 0.05) is 12.3 Å². The molecule has 2 aliphatic carbocycles. The molecule has 2 saturated carbocycles. The third-order valence-corrected chi connectivity index (χ3v) is 6.22. The van der Waals surface area contributed by atoms with Gasteiger partial charge in [0.1, 0.15) is 0 Å². The molecule has 2 nitrogen and oxygen atoms in total. The van der Waals surface area contributed by atoms with Gasteiger partial charge in [-0.2, -0.15) is 0 Å². The van der Waals surface area contributed by atoms with E-state index in [1.165, 1.54) is 57.8 Å². The molecule has 1 spiro atoms. The highest BCUT2D eigenvalue weighted by atomic mass is 16.6. The van der Waals surface area contributed by atoms with E-state index in [2.05, 4.69) is 0 Å². The molecule has 2 bridgehead atoms. The summed E-state index contributed by atoms with van der Waals surface area (Å²) < 4.78 is 6.37. The van der Waals surface area contributed by atoms with Crippen molar-refractivity contribution in [2.75, 3.05) is 0 Å². The Labute approximate surface area is 104 Å². The smallest absolute Gasteiger partial charge is 0.169 e. The van der Waals surface area contributed by atoms with Crippen LogP contribution in [0, 0.1) is 17.8 Å². The van der Waals surface area contributed by atoms with Crippen molar-refractivity contribution >= 4 is 0 Å². The van der Waals surface area contributed by atoms with E-state index >= 15 is 0 Å². The summed E-state index contributed by atoms with van der Waals surface area (Å²) in [4.78, 5) is 0. The molecule has 96 valence electrons. The third kappa shape index (κ3) is 1.40. The van der Waals surface area contributed by atoms with E-state index in [1.807, 2.05) is 0 Å². The van der Waals surface area contributed by atoms with Crippen LogP contribution in [0.5, 0.6) is 0 Å². The van der Waals surface area contributed by atoms with E-state index in [9.17, 15) is 5.11 Å². The number of ether oxygens (including phenoxy) is 1. The molecule has 4 fully saturated rings. The van der Waals surface area contributed by atoms with Crippen molar-refractivity contribution in [1.29, 1.82) is 0 Å². The van der Waals surface area contributed by atoms with Gasteiger partial charge >= 0.3 is 0 Å². The van der Waals surface area contributed by atoms with E-state index in [1.54, 1.807) is 0 Å². The Bertz CT molecular complexity index is 329. The second-order valence-corrected chi connectivity index (χ2v) is 6.99. The van der Waals surface area contributed by atoms with Crippen molar-refractivity contribution in [3.63, 3.8) is 0 Å². The summed E-state index contributed by atoms with van der Waals surface area (Å²) in [6, 6.07) is 0. The largest absolute Gasteiger partial charge is 0.365 e. The number of hydrogen-bond donors (Lipinski definition) is 1. The maximum absolute atomic E-state index is 10.9. The Morgan fingerprint density at radius 2 is 1.88 bits per heavy atom. The van der Waals surface area contributed by atoms with Gasteiger partial charge in [0.25, 0.3) is 0 Å². The quantitative estimate of drug-likeness (QED) is 0.699. The maximum Gasteiger partial charge on any atom is 0.169 e. The lowest BCUT2D eigenvalue weighted by molar-refractivity contribution is -0.368. The average Bonchev–Trinajstić information content (AvgIpc) is 2.76. The molecule has 4 aliphatic rings. The van der Waals surface area contributed by atoms with E-state index in [0.29, 0.717) is 5.92 Å². The van der Waals surface area contributed by atoms with Crippen LogP contribution in [0.4, 0.5) is 0 Å². The predicted octanol–water partition coefficient (Wildman–Crippen LogP) is 3.23. The van der Waals surface area contributed by atoms with Crippen LogP contribution < -0.4 is 0 Å². The summed E-state index contributed by atoms with van der Waals surface area (Å²) >= 11 is 0. The van der Waals surface area contributed by atoms with Crippen LogP contribution in [0.25, 0.3) is 0 Å². The van der Waals surface area contributed by atoms with Crippen LogP contribution >= 0.6 is 0 Å². The van der Waals surface area contributed by atoms with Gasteiger partial charge in [-0.15, -0.1) is 0 Å². The van der Waals surface area contributed by atoms with Gasteiger partial charge in [-0.1, -0.05) is 19.3 Å². The second-order valence-electron chi connectivity index (χ2n) is 6.99. The first-order valence-corrected chi connectivity index (χ1v) is 7.64. The summed E-state index contributed by atoms with van der Waals surface area (Å²) in [6.45, 7) is 0. The standard InChI is InChI=1S/C15H24O2/c16-15-9-7-12-5-1-2-8-14(12,17-15)10-11-4-3-6-13(11)15/h11-13,16H,1-10H2/t11-,12-,13-,14+,15+/m1/s1. The van der Waals surface area contributed by atoms with E-state index in [0.717, 1.165) is 18.3 Å². The van der Waals surface area contributed by atoms with Crippen LogP contribution in [0.1, 0.15) is 64.2 Å². The Hall–Kier alpha value is -0.0800. The molecule has 2 heterocycles. The van der Waals surface area contributed by atoms with Crippen LogP contribution in [0.15, 0.2) is 0 Å². The number of rotatable bonds is 0. The zero-order chi connectivity index (χ0) is 11.5. The zero-order valence-electron chi connectivity index (χ0n) is 10.7. The van der Waals surface area contributed by atoms with Crippen molar-refractivity contribution < 1.29 is 9.84 Å². The van der Waals surface area contributed by atoms with Gasteiger partial charge in [0.2, 0.25) is 0 Å². The molecular formula is C15H24O2. The van der Waals surface area contributed by atoms with Gasteiger partial charge in [-0.05, 0) is 50.4 Å². The van der Waals surface area contributed by atoms with Crippen molar-refractivity contribution in [3.8, 4) is 0 Å². The SMILES string of the molecule is O[C@]12CC[C@H]3CCCC[C@@]3(C[C@H]3CCC[C@H]31)O2. The van der Waals surface area contributed by atoms with Crippen LogP contribution in [0.3, 0.4) is 0 Å². The monoisotopic (exact) mass is 236 g/mol. The number of fused-ring (bicyclic) bond motifs is 3. The summed E-state index contributed by atoms with van der Waals surface area (Å²) in [5.41, 5.74) is 0.0801. The molecule has 0 radical (unpaired) electrons. The molecule has 0 aromatic carbocycles. The summed E-state index contributed by atoms with van der Waals surface area (Å²) in [7, 11) is 0. The molecule has 4 rings (SSSR count). The molecule has 0 unspecified atom stereocenters. The number of hydrogen-bond acceptors (Lipinski definition) is 2. The topological polar surface area (TPSA) is 29.5 Å². The first-order valence-electron chi connectivity index (χ1n) is 7.64. The van der Waals surface area contributed by atoms with Gasteiger partial charge in [0.15, 0.2) is 5.79 Å². The zero-order valence-corrected chi connectivity index (χ0v) is 10.7. The molecule has 2 aliphatic heterocycles. The summed E-state index contributed by atoms with van der Waals surface area (Å²) in [5, 5.41) is 10.9. The van der Waals surface area contributed by atoms with Gasteiger partial charge in [0.05, 0.1) is 5.60 Å². The fraction of sp³-hybridized carbons (Fsp3) is 1.00. The molecule has 2 heteroatoms. The van der Waals surface area contributed by atoms with Gasteiger partial charge in [-0.25, -0.2) is 0 Å². The van der Waals surface area contributed by atoms with E-state index in [-0.39, 0.29) is 5.60 Å². The molecule has 17 heavy (non-hydrogen) atoms. The fourth-order valence-corrected chi connectivity index (χ4v) is 5.50. The second kappa shape index (κ2) is 3.48. The molecule has 1 N–H and O–H groups in total. The van der Waals surface area contributed by atoms with Crippen LogP contribution in [-0.2, 0) is 4.74 Å². The van der Waals surface area contributed by atoms with Crippen molar-refractivity contribution in [2.24, 2.45) is 17.8 Å². The fourth-order valence-electron chi connectivity index (χ4n) is 5.50.